The monoisotopic (exact) mass is 338 g/mol. The van der Waals surface area contributed by atoms with E-state index >= 15 is 0 Å². The molecule has 0 unspecified atom stereocenters. The Labute approximate surface area is 148 Å². The van der Waals surface area contributed by atoms with E-state index in [0.29, 0.717) is 11.3 Å². The molecule has 130 valence electrons. The minimum absolute atomic E-state index is 0.00658. The summed E-state index contributed by atoms with van der Waals surface area (Å²) in [7, 11) is 3.15. The molecule has 0 heterocycles. The molecule has 5 heteroatoms. The Morgan fingerprint density at radius 1 is 1.16 bits per heavy atom. The minimum Gasteiger partial charge on any atom is -0.497 e. The normalized spacial score (nSPS) is 12.6. The van der Waals surface area contributed by atoms with E-state index in [1.54, 1.807) is 26.4 Å². The van der Waals surface area contributed by atoms with E-state index < -0.39 is 6.04 Å². The first-order valence-corrected chi connectivity index (χ1v) is 8.05. The number of nitrogens with one attached hydrogen (secondary N) is 1. The molecule has 0 saturated carbocycles. The summed E-state index contributed by atoms with van der Waals surface area (Å²) < 4.78 is 10.5. The van der Waals surface area contributed by atoms with Crippen LogP contribution in [-0.2, 0) is 4.79 Å². The van der Waals surface area contributed by atoms with E-state index in [1.165, 1.54) is 0 Å². The maximum atomic E-state index is 12.4. The van der Waals surface area contributed by atoms with Crippen molar-refractivity contribution in [3.8, 4) is 17.6 Å². The van der Waals surface area contributed by atoms with Gasteiger partial charge >= 0.3 is 0 Å². The molecule has 1 N–H and O–H groups in total. The van der Waals surface area contributed by atoms with Crippen molar-refractivity contribution in [1.29, 1.82) is 5.26 Å². The van der Waals surface area contributed by atoms with Crippen LogP contribution < -0.4 is 14.8 Å². The molecule has 5 nitrogen and oxygen atoms in total. The summed E-state index contributed by atoms with van der Waals surface area (Å²) in [6.07, 6.45) is 0.278. The highest BCUT2D eigenvalue weighted by molar-refractivity contribution is 5.78. The lowest BCUT2D eigenvalue weighted by molar-refractivity contribution is -0.121. The molecule has 2 rings (SSSR count). The number of amides is 1. The summed E-state index contributed by atoms with van der Waals surface area (Å²) in [5.41, 5.74) is 1.66. The second kappa shape index (κ2) is 8.74. The number of hydrogen-bond donors (Lipinski definition) is 1. The van der Waals surface area contributed by atoms with Crippen molar-refractivity contribution in [2.75, 3.05) is 14.2 Å². The van der Waals surface area contributed by atoms with Gasteiger partial charge in [-0.2, -0.15) is 5.26 Å². The zero-order chi connectivity index (χ0) is 18.2. The Balaban J connectivity index is 2.06. The van der Waals surface area contributed by atoms with Crippen molar-refractivity contribution in [2.45, 2.75) is 25.3 Å². The van der Waals surface area contributed by atoms with Crippen LogP contribution >= 0.6 is 0 Å². The van der Waals surface area contributed by atoms with Crippen molar-refractivity contribution >= 4 is 5.91 Å². The number of methoxy groups -OCH3 is 2. The van der Waals surface area contributed by atoms with Crippen molar-refractivity contribution in [3.63, 3.8) is 0 Å². The molecule has 0 aliphatic rings. The maximum absolute atomic E-state index is 12.4. The van der Waals surface area contributed by atoms with Crippen LogP contribution in [0.1, 0.15) is 36.4 Å². The van der Waals surface area contributed by atoms with Crippen LogP contribution in [0.2, 0.25) is 0 Å². The highest BCUT2D eigenvalue weighted by Gasteiger charge is 2.19. The molecular formula is C20H22N2O3. The largest absolute Gasteiger partial charge is 0.497 e. The van der Waals surface area contributed by atoms with E-state index in [-0.39, 0.29) is 18.2 Å². The fourth-order valence-corrected chi connectivity index (χ4v) is 2.65. The van der Waals surface area contributed by atoms with Gasteiger partial charge in [-0.1, -0.05) is 37.3 Å². The lowest BCUT2D eigenvalue weighted by Gasteiger charge is -2.17. The Morgan fingerprint density at radius 2 is 1.92 bits per heavy atom. The number of ether oxygens (including phenoxy) is 2. The summed E-state index contributed by atoms with van der Waals surface area (Å²) in [6.45, 7) is 1.97. The first-order chi connectivity index (χ1) is 12.1. The molecule has 1 amide bonds. The van der Waals surface area contributed by atoms with Crippen LogP contribution in [0.15, 0.2) is 48.5 Å². The average Bonchev–Trinajstić information content (AvgIpc) is 2.66. The van der Waals surface area contributed by atoms with Crippen molar-refractivity contribution in [3.05, 3.63) is 59.7 Å². The van der Waals surface area contributed by atoms with Crippen LogP contribution in [0.3, 0.4) is 0 Å². The lowest BCUT2D eigenvalue weighted by Crippen LogP contribution is -2.28. The van der Waals surface area contributed by atoms with Gasteiger partial charge in [-0.3, -0.25) is 4.79 Å². The lowest BCUT2D eigenvalue weighted by atomic mass is 9.97. The molecule has 0 bridgehead atoms. The van der Waals surface area contributed by atoms with Gasteiger partial charge in [0.2, 0.25) is 5.91 Å². The van der Waals surface area contributed by atoms with Crippen LogP contribution in [0.25, 0.3) is 0 Å². The van der Waals surface area contributed by atoms with E-state index in [2.05, 4.69) is 11.4 Å². The third-order valence-electron chi connectivity index (χ3n) is 4.04. The number of carbonyl (C=O) groups excluding carboxylic acids is 1. The first-order valence-electron chi connectivity index (χ1n) is 8.05. The summed E-state index contributed by atoms with van der Waals surface area (Å²) in [5, 5.41) is 12.2. The van der Waals surface area contributed by atoms with Gasteiger partial charge in [0, 0.05) is 12.0 Å². The molecule has 0 radical (unpaired) electrons. The number of rotatable bonds is 7. The number of nitriles is 1. The molecule has 0 aromatic heterocycles. The first kappa shape index (κ1) is 18.3. The maximum Gasteiger partial charge on any atom is 0.221 e. The third kappa shape index (κ3) is 4.74. The minimum atomic E-state index is -0.749. The SMILES string of the molecule is COc1cccc([C@@H](C)CC(=O)N[C@H](C#N)c2ccccc2OC)c1. The van der Waals surface area contributed by atoms with Gasteiger partial charge < -0.3 is 14.8 Å². The number of nitrogens with zero attached hydrogens (tertiary/aromatic N) is 1. The molecule has 0 aliphatic heterocycles. The fraction of sp³-hybridized carbons (Fsp3) is 0.300. The van der Waals surface area contributed by atoms with Crippen LogP contribution in [0.5, 0.6) is 11.5 Å². The quantitative estimate of drug-likeness (QED) is 0.837. The number of hydrogen-bond acceptors (Lipinski definition) is 4. The smallest absolute Gasteiger partial charge is 0.221 e. The zero-order valence-corrected chi connectivity index (χ0v) is 14.7. The summed E-state index contributed by atoms with van der Waals surface area (Å²) in [5.74, 6) is 1.16. The van der Waals surface area contributed by atoms with Gasteiger partial charge in [0.25, 0.3) is 0 Å². The van der Waals surface area contributed by atoms with E-state index in [4.69, 9.17) is 9.47 Å². The van der Waals surface area contributed by atoms with E-state index in [9.17, 15) is 10.1 Å². The third-order valence-corrected chi connectivity index (χ3v) is 4.04. The second-order valence-corrected chi connectivity index (χ2v) is 5.75. The predicted octanol–water partition coefficient (Wildman–Crippen LogP) is 3.58. The van der Waals surface area contributed by atoms with Crippen LogP contribution in [0, 0.1) is 11.3 Å². The molecule has 2 atom stereocenters. The Morgan fingerprint density at radius 3 is 2.60 bits per heavy atom. The van der Waals surface area contributed by atoms with Gasteiger partial charge in [-0.15, -0.1) is 0 Å². The Hall–Kier alpha value is -3.00. The van der Waals surface area contributed by atoms with Gasteiger partial charge in [-0.25, -0.2) is 0 Å². The van der Waals surface area contributed by atoms with Crippen LogP contribution in [0.4, 0.5) is 0 Å². The van der Waals surface area contributed by atoms with Gasteiger partial charge in [0.1, 0.15) is 17.5 Å². The standard InChI is InChI=1S/C20H22N2O3/c1-14(15-7-6-8-16(12-15)24-2)11-20(23)22-18(13-21)17-9-4-5-10-19(17)25-3/h4-10,12,14,18H,11H2,1-3H3,(H,22,23)/t14-,18+/m0/s1. The highest BCUT2D eigenvalue weighted by Crippen LogP contribution is 2.26. The second-order valence-electron chi connectivity index (χ2n) is 5.75. The van der Waals surface area contributed by atoms with Gasteiger partial charge in [0.05, 0.1) is 20.3 Å². The highest BCUT2D eigenvalue weighted by atomic mass is 16.5. The molecule has 0 saturated heterocycles. The van der Waals surface area contributed by atoms with Crippen LogP contribution in [-0.4, -0.2) is 20.1 Å². The number of para-hydroxylation sites is 1. The number of carbonyl (C=O) groups is 1. The van der Waals surface area contributed by atoms with E-state index in [1.807, 2.05) is 43.3 Å². The Bertz CT molecular complexity index is 768. The molecule has 0 fully saturated rings. The van der Waals surface area contributed by atoms with Crippen molar-refractivity contribution in [2.24, 2.45) is 0 Å². The molecule has 25 heavy (non-hydrogen) atoms. The van der Waals surface area contributed by atoms with Gasteiger partial charge in [-0.05, 0) is 29.7 Å². The Kier molecular flexibility index (Phi) is 6.41. The topological polar surface area (TPSA) is 71.3 Å². The summed E-state index contributed by atoms with van der Waals surface area (Å²) >= 11 is 0. The molecule has 2 aromatic carbocycles. The van der Waals surface area contributed by atoms with E-state index in [0.717, 1.165) is 11.3 Å². The van der Waals surface area contributed by atoms with Gasteiger partial charge in [0.15, 0.2) is 0 Å². The van der Waals surface area contributed by atoms with Crippen molar-refractivity contribution < 1.29 is 14.3 Å². The molecule has 2 aromatic rings. The fourth-order valence-electron chi connectivity index (χ4n) is 2.65. The zero-order valence-electron chi connectivity index (χ0n) is 14.7. The predicted molar refractivity (Wildman–Crippen MR) is 95.5 cm³/mol. The number of benzene rings is 2. The molecule has 0 aliphatic carbocycles. The summed E-state index contributed by atoms with van der Waals surface area (Å²) in [6, 6.07) is 16.2. The van der Waals surface area contributed by atoms with Crippen molar-refractivity contribution in [1.82, 2.24) is 5.32 Å². The summed E-state index contributed by atoms with van der Waals surface area (Å²) in [4.78, 5) is 12.4. The molecule has 0 spiro atoms. The average molecular weight is 338 g/mol. The molecular weight excluding hydrogens is 316 g/mol.